The second-order valence-electron chi connectivity index (χ2n) is 7.30. The highest BCUT2D eigenvalue weighted by molar-refractivity contribution is 9.09. The fourth-order valence-corrected chi connectivity index (χ4v) is 5.18. The van der Waals surface area contributed by atoms with Crippen LogP contribution in [0.4, 0.5) is 0 Å². The normalized spacial score (nSPS) is 12.3. The topological polar surface area (TPSA) is 0 Å². The van der Waals surface area contributed by atoms with E-state index in [2.05, 4.69) is 52.6 Å². The maximum absolute atomic E-state index is 3.76. The molecule has 0 saturated carbocycles. The largest absolute Gasteiger partial charge is 0.0922 e. The second-order valence-corrected chi connectivity index (χ2v) is 8.42. The number of alkyl halides is 2. The molecule has 0 aliphatic carbocycles. The Balaban J connectivity index is 3.58. The van der Waals surface area contributed by atoms with Gasteiger partial charge in [0.2, 0.25) is 0 Å². The molecule has 0 radical (unpaired) electrons. The molecule has 0 aliphatic heterocycles. The van der Waals surface area contributed by atoms with Crippen LogP contribution in [0, 0.1) is 11.3 Å². The molecule has 0 bridgehead atoms. The van der Waals surface area contributed by atoms with Crippen LogP contribution < -0.4 is 0 Å². The Morgan fingerprint density at radius 1 is 0.714 bits per heavy atom. The van der Waals surface area contributed by atoms with Crippen LogP contribution in [0.25, 0.3) is 0 Å². The van der Waals surface area contributed by atoms with E-state index in [1.807, 2.05) is 0 Å². The molecule has 0 heterocycles. The van der Waals surface area contributed by atoms with Crippen molar-refractivity contribution in [1.29, 1.82) is 0 Å². The van der Waals surface area contributed by atoms with E-state index in [0.717, 1.165) is 16.6 Å². The van der Waals surface area contributed by atoms with E-state index in [1.54, 1.807) is 0 Å². The van der Waals surface area contributed by atoms with Gasteiger partial charge < -0.3 is 0 Å². The van der Waals surface area contributed by atoms with E-state index in [-0.39, 0.29) is 0 Å². The van der Waals surface area contributed by atoms with Crippen LogP contribution in [0.1, 0.15) is 97.8 Å². The smallest absolute Gasteiger partial charge is 0.00960 e. The molecular weight excluding hydrogens is 388 g/mol. The van der Waals surface area contributed by atoms with Crippen molar-refractivity contribution in [1.82, 2.24) is 0 Å². The fraction of sp³-hybridized carbons (Fsp3) is 1.00. The van der Waals surface area contributed by atoms with Crippen LogP contribution in [-0.4, -0.2) is 10.7 Å². The molecule has 0 saturated heterocycles. The van der Waals surface area contributed by atoms with E-state index >= 15 is 0 Å². The van der Waals surface area contributed by atoms with Gasteiger partial charge in [-0.25, -0.2) is 0 Å². The average Bonchev–Trinajstić information content (AvgIpc) is 2.47. The summed E-state index contributed by atoms with van der Waals surface area (Å²) in [5.41, 5.74) is 0.480. The van der Waals surface area contributed by atoms with Gasteiger partial charge in [-0.2, -0.15) is 0 Å². The molecule has 0 spiro atoms. The molecular formula is C19H38Br2. The van der Waals surface area contributed by atoms with Crippen molar-refractivity contribution in [3.05, 3.63) is 0 Å². The molecule has 0 aromatic carbocycles. The monoisotopic (exact) mass is 424 g/mol. The second kappa shape index (κ2) is 14.5. The van der Waals surface area contributed by atoms with Gasteiger partial charge in [0.1, 0.15) is 0 Å². The Hall–Kier alpha value is 0.960. The van der Waals surface area contributed by atoms with Gasteiger partial charge in [0.05, 0.1) is 0 Å². The lowest BCUT2D eigenvalue weighted by Crippen LogP contribution is -2.26. The average molecular weight is 426 g/mol. The third kappa shape index (κ3) is 12.1. The van der Waals surface area contributed by atoms with Gasteiger partial charge in [0.15, 0.2) is 0 Å². The predicted octanol–water partition coefficient (Wildman–Crippen LogP) is 8.12. The van der Waals surface area contributed by atoms with E-state index in [0.29, 0.717) is 5.41 Å². The number of unbranched alkanes of at least 4 members (excludes halogenated alkanes) is 9. The van der Waals surface area contributed by atoms with Gasteiger partial charge in [0.25, 0.3) is 0 Å². The summed E-state index contributed by atoms with van der Waals surface area (Å²) in [6.45, 7) is 6.98. The van der Waals surface area contributed by atoms with Crippen molar-refractivity contribution in [2.45, 2.75) is 97.8 Å². The summed E-state index contributed by atoms with van der Waals surface area (Å²) in [5.74, 6) is 0.795. The lowest BCUT2D eigenvalue weighted by Gasteiger charge is -2.32. The van der Waals surface area contributed by atoms with Gasteiger partial charge >= 0.3 is 0 Å². The minimum absolute atomic E-state index is 0.480. The summed E-state index contributed by atoms with van der Waals surface area (Å²) >= 11 is 7.51. The van der Waals surface area contributed by atoms with Crippen LogP contribution in [0.3, 0.4) is 0 Å². The van der Waals surface area contributed by atoms with Crippen molar-refractivity contribution in [2.75, 3.05) is 10.7 Å². The minimum atomic E-state index is 0.480. The predicted molar refractivity (Wildman–Crippen MR) is 106 cm³/mol. The van der Waals surface area contributed by atoms with Crippen LogP contribution in [0.15, 0.2) is 0 Å². The van der Waals surface area contributed by atoms with Crippen molar-refractivity contribution < 1.29 is 0 Å². The van der Waals surface area contributed by atoms with Gasteiger partial charge in [-0.3, -0.25) is 0 Å². The zero-order valence-electron chi connectivity index (χ0n) is 14.7. The summed E-state index contributed by atoms with van der Waals surface area (Å²) in [4.78, 5) is 0. The summed E-state index contributed by atoms with van der Waals surface area (Å²) in [7, 11) is 0. The van der Waals surface area contributed by atoms with Gasteiger partial charge in [-0.1, -0.05) is 117 Å². The maximum atomic E-state index is 3.76. The zero-order valence-corrected chi connectivity index (χ0v) is 17.9. The molecule has 0 fully saturated rings. The first-order valence-corrected chi connectivity index (χ1v) is 11.5. The van der Waals surface area contributed by atoms with Crippen LogP contribution in [0.5, 0.6) is 0 Å². The molecule has 0 aliphatic rings. The molecule has 0 atom stereocenters. The van der Waals surface area contributed by atoms with Gasteiger partial charge in [0, 0.05) is 10.7 Å². The summed E-state index contributed by atoms with van der Waals surface area (Å²) in [6.07, 6.45) is 17.0. The van der Waals surface area contributed by atoms with Gasteiger partial charge in [-0.05, 0) is 24.2 Å². The Bertz CT molecular complexity index is 210. The molecule has 0 aromatic rings. The van der Waals surface area contributed by atoms with Crippen molar-refractivity contribution >= 4 is 31.9 Å². The molecule has 0 amide bonds. The third-order valence-corrected chi connectivity index (χ3v) is 6.85. The van der Waals surface area contributed by atoms with Crippen LogP contribution in [-0.2, 0) is 0 Å². The molecule has 0 unspecified atom stereocenters. The van der Waals surface area contributed by atoms with Crippen LogP contribution in [0.2, 0.25) is 0 Å². The Kier molecular flexibility index (Phi) is 15.2. The summed E-state index contributed by atoms with van der Waals surface area (Å²) < 4.78 is 0. The highest BCUT2D eigenvalue weighted by atomic mass is 79.9. The van der Waals surface area contributed by atoms with E-state index < -0.39 is 0 Å². The molecule has 2 heteroatoms. The fourth-order valence-electron chi connectivity index (χ4n) is 3.23. The quantitative estimate of drug-likeness (QED) is 0.183. The molecule has 0 N–H and O–H groups in total. The Morgan fingerprint density at radius 2 is 1.14 bits per heavy atom. The first kappa shape index (κ1) is 22.0. The zero-order chi connectivity index (χ0) is 16.0. The SMILES string of the molecule is CCCCCCCCCCCCC(CBr)(CBr)CC(C)C. The third-order valence-electron chi connectivity index (χ3n) is 4.47. The first-order chi connectivity index (χ1) is 10.1. The Morgan fingerprint density at radius 3 is 1.52 bits per heavy atom. The molecule has 21 heavy (non-hydrogen) atoms. The molecule has 0 aromatic heterocycles. The van der Waals surface area contributed by atoms with Crippen LogP contribution >= 0.6 is 31.9 Å². The lowest BCUT2D eigenvalue weighted by atomic mass is 9.79. The number of hydrogen-bond donors (Lipinski definition) is 0. The first-order valence-electron chi connectivity index (χ1n) is 9.22. The Labute approximate surface area is 151 Å². The molecule has 0 nitrogen and oxygen atoms in total. The highest BCUT2D eigenvalue weighted by Crippen LogP contribution is 2.36. The number of halogens is 2. The number of rotatable bonds is 15. The van der Waals surface area contributed by atoms with Crippen molar-refractivity contribution in [2.24, 2.45) is 11.3 Å². The molecule has 0 rings (SSSR count). The van der Waals surface area contributed by atoms with Gasteiger partial charge in [-0.15, -0.1) is 0 Å². The minimum Gasteiger partial charge on any atom is -0.0922 e. The molecule has 128 valence electrons. The maximum Gasteiger partial charge on any atom is 0.00960 e. The summed E-state index contributed by atoms with van der Waals surface area (Å²) in [5, 5.41) is 2.28. The lowest BCUT2D eigenvalue weighted by molar-refractivity contribution is 0.273. The van der Waals surface area contributed by atoms with Crippen molar-refractivity contribution in [3.63, 3.8) is 0 Å². The standard InChI is InChI=1S/C19H38Br2/c1-4-5-6-7-8-9-10-11-12-13-14-19(16-20,17-21)15-18(2)3/h18H,4-17H2,1-3H3. The van der Waals surface area contributed by atoms with E-state index in [9.17, 15) is 0 Å². The summed E-state index contributed by atoms with van der Waals surface area (Å²) in [6, 6.07) is 0. The van der Waals surface area contributed by atoms with Crippen molar-refractivity contribution in [3.8, 4) is 0 Å². The van der Waals surface area contributed by atoms with E-state index in [4.69, 9.17) is 0 Å². The highest BCUT2D eigenvalue weighted by Gasteiger charge is 2.28. The number of hydrogen-bond acceptors (Lipinski definition) is 0. The van der Waals surface area contributed by atoms with E-state index in [1.165, 1.54) is 77.0 Å².